The van der Waals surface area contributed by atoms with E-state index < -0.39 is 11.2 Å². The van der Waals surface area contributed by atoms with Crippen LogP contribution in [0.15, 0.2) is 57.7 Å². The van der Waals surface area contributed by atoms with E-state index in [1.807, 2.05) is 50.5 Å². The van der Waals surface area contributed by atoms with Crippen molar-refractivity contribution in [3.8, 4) is 0 Å². The summed E-state index contributed by atoms with van der Waals surface area (Å²) in [4.78, 5) is 28.8. The van der Waals surface area contributed by atoms with Crippen LogP contribution >= 0.6 is 0 Å². The summed E-state index contributed by atoms with van der Waals surface area (Å²) in [5.74, 6) is -0.687. The van der Waals surface area contributed by atoms with Gasteiger partial charge in [0.25, 0.3) is 0 Å². The average Bonchev–Trinajstić information content (AvgIpc) is 3.13. The first-order valence-corrected chi connectivity index (χ1v) is 9.89. The van der Waals surface area contributed by atoms with Gasteiger partial charge >= 0.3 is 5.76 Å². The number of hydrogen-bond acceptors (Lipinski definition) is 4. The quantitative estimate of drug-likeness (QED) is 0.646. The molecule has 1 heterocycles. The number of carbonyl (C=O) groups excluding carboxylic acids is 1. The van der Waals surface area contributed by atoms with E-state index in [4.69, 9.17) is 10.2 Å². The van der Waals surface area contributed by atoms with Crippen molar-refractivity contribution in [2.45, 2.75) is 37.6 Å². The van der Waals surface area contributed by atoms with Crippen molar-refractivity contribution in [1.82, 2.24) is 9.88 Å². The fourth-order valence-electron chi connectivity index (χ4n) is 4.73. The average molecular weight is 393 g/mol. The first-order chi connectivity index (χ1) is 13.7. The van der Waals surface area contributed by atoms with Crippen molar-refractivity contribution in [2.75, 3.05) is 14.1 Å². The molecule has 6 heteroatoms. The fraction of sp³-hybridized carbons (Fsp3) is 0.391. The molecule has 3 aromatic rings. The molecular formula is C23H27N3O3. The number of fused-ring (bicyclic) bond motifs is 1. The van der Waals surface area contributed by atoms with Crippen LogP contribution in [0.25, 0.3) is 11.1 Å². The maximum atomic E-state index is 12.6. The van der Waals surface area contributed by atoms with Crippen LogP contribution < -0.4 is 11.5 Å². The third-order valence-electron chi connectivity index (χ3n) is 6.74. The second kappa shape index (κ2) is 6.88. The number of rotatable bonds is 7. The minimum Gasteiger partial charge on any atom is -0.408 e. The number of nitrogens with one attached hydrogen (secondary N) is 1. The summed E-state index contributed by atoms with van der Waals surface area (Å²) in [7, 11) is 4.05. The van der Waals surface area contributed by atoms with Gasteiger partial charge in [-0.2, -0.15) is 0 Å². The Hall–Kier alpha value is -2.86. The van der Waals surface area contributed by atoms with Crippen LogP contribution in [0.4, 0.5) is 0 Å². The normalized spacial score (nSPS) is 24.7. The number of nitrogens with zero attached hydrogens (tertiary/aromatic N) is 1. The molecule has 0 aliphatic heterocycles. The van der Waals surface area contributed by atoms with Gasteiger partial charge in [-0.15, -0.1) is 0 Å². The molecule has 152 valence electrons. The second-order valence-corrected chi connectivity index (χ2v) is 8.69. The van der Waals surface area contributed by atoms with E-state index in [1.54, 1.807) is 0 Å². The summed E-state index contributed by atoms with van der Waals surface area (Å²) in [6, 6.07) is 16.0. The van der Waals surface area contributed by atoms with Gasteiger partial charge in [-0.3, -0.25) is 9.78 Å². The lowest BCUT2D eigenvalue weighted by Gasteiger charge is -2.30. The number of likely N-dealkylation sites (N-methyl/N-ethyl adjacent to an activating group) is 1. The number of aromatic nitrogens is 1. The highest BCUT2D eigenvalue weighted by molar-refractivity contribution is 5.87. The largest absolute Gasteiger partial charge is 0.417 e. The van der Waals surface area contributed by atoms with Crippen LogP contribution in [0, 0.1) is 5.41 Å². The summed E-state index contributed by atoms with van der Waals surface area (Å²) in [6.07, 6.45) is 2.17. The second-order valence-electron chi connectivity index (χ2n) is 8.69. The molecule has 1 saturated carbocycles. The lowest BCUT2D eigenvalue weighted by atomic mass is 9.81. The summed E-state index contributed by atoms with van der Waals surface area (Å²) < 4.78 is 5.19. The lowest BCUT2D eigenvalue weighted by Crippen LogP contribution is -2.40. The highest BCUT2D eigenvalue weighted by Crippen LogP contribution is 2.67. The van der Waals surface area contributed by atoms with E-state index in [0.717, 1.165) is 24.0 Å². The van der Waals surface area contributed by atoms with E-state index >= 15 is 0 Å². The van der Waals surface area contributed by atoms with Crippen molar-refractivity contribution in [3.63, 3.8) is 0 Å². The Bertz CT molecular complexity index is 1100. The van der Waals surface area contributed by atoms with Crippen molar-refractivity contribution in [2.24, 2.45) is 11.1 Å². The zero-order valence-corrected chi connectivity index (χ0v) is 17.1. The van der Waals surface area contributed by atoms with Crippen molar-refractivity contribution in [1.29, 1.82) is 0 Å². The number of benzene rings is 2. The number of amides is 1. The van der Waals surface area contributed by atoms with E-state index in [1.165, 1.54) is 0 Å². The minimum absolute atomic E-state index is 0.121. The van der Waals surface area contributed by atoms with Crippen LogP contribution in [-0.2, 0) is 16.6 Å². The minimum atomic E-state index is -0.561. The molecule has 1 aliphatic rings. The Morgan fingerprint density at radius 1 is 1.24 bits per heavy atom. The molecule has 1 fully saturated rings. The van der Waals surface area contributed by atoms with Crippen LogP contribution in [-0.4, -0.2) is 35.9 Å². The van der Waals surface area contributed by atoms with Gasteiger partial charge < -0.3 is 15.1 Å². The molecule has 0 bridgehead atoms. The van der Waals surface area contributed by atoms with Crippen molar-refractivity contribution < 1.29 is 9.21 Å². The molecular weight excluding hydrogens is 366 g/mol. The number of oxazole rings is 1. The van der Waals surface area contributed by atoms with Gasteiger partial charge in [-0.05, 0) is 56.6 Å². The molecule has 1 aromatic heterocycles. The highest BCUT2D eigenvalue weighted by Gasteiger charge is 2.69. The molecule has 4 rings (SSSR count). The number of nitrogens with two attached hydrogens (primary N) is 1. The third kappa shape index (κ3) is 3.27. The Kier molecular flexibility index (Phi) is 4.62. The number of aromatic amines is 1. The van der Waals surface area contributed by atoms with Crippen molar-refractivity contribution >= 4 is 17.0 Å². The number of hydrogen-bond donors (Lipinski definition) is 2. The zero-order valence-electron chi connectivity index (χ0n) is 17.1. The molecule has 1 aliphatic carbocycles. The number of H-pyrrole nitrogens is 1. The SMILES string of the molecule is CN(C)[C@@H](Cc1ccc2[nH]c(=O)oc2c1)CC1(C(N)=O)CC1(C)c1ccccc1. The molecule has 0 saturated heterocycles. The first kappa shape index (κ1) is 19.5. The Morgan fingerprint density at radius 2 is 1.97 bits per heavy atom. The van der Waals surface area contributed by atoms with Crippen LogP contribution in [0.1, 0.15) is 30.9 Å². The molecule has 2 unspecified atom stereocenters. The molecule has 0 radical (unpaired) electrons. The maximum Gasteiger partial charge on any atom is 0.417 e. The smallest absolute Gasteiger partial charge is 0.408 e. The van der Waals surface area contributed by atoms with Crippen LogP contribution in [0.2, 0.25) is 0 Å². The van der Waals surface area contributed by atoms with E-state index in [9.17, 15) is 9.59 Å². The number of carbonyl (C=O) groups is 1. The molecule has 2 aromatic carbocycles. The standard InChI is InChI=1S/C23H27N3O3/c1-22(16-7-5-4-6-8-16)14-23(22,20(24)27)13-17(26(2)3)11-15-9-10-18-19(12-15)29-21(28)25-18/h4-10,12,17H,11,13-14H2,1-3H3,(H2,24,27)(H,25,28)/t17-,22?,23?/m0/s1. The fourth-order valence-corrected chi connectivity index (χ4v) is 4.73. The number of primary amides is 1. The molecule has 0 spiro atoms. The van der Waals surface area contributed by atoms with Gasteiger partial charge in [-0.1, -0.05) is 43.3 Å². The van der Waals surface area contributed by atoms with Crippen molar-refractivity contribution in [3.05, 3.63) is 70.2 Å². The van der Waals surface area contributed by atoms with Gasteiger partial charge in [-0.25, -0.2) is 4.79 Å². The Morgan fingerprint density at radius 3 is 2.62 bits per heavy atom. The van der Waals surface area contributed by atoms with Gasteiger partial charge in [0.15, 0.2) is 5.58 Å². The van der Waals surface area contributed by atoms with Crippen LogP contribution in [0.3, 0.4) is 0 Å². The van der Waals surface area contributed by atoms with E-state index in [-0.39, 0.29) is 17.4 Å². The Labute approximate surface area is 169 Å². The molecule has 3 atom stereocenters. The molecule has 1 amide bonds. The maximum absolute atomic E-state index is 12.6. The van der Waals surface area contributed by atoms with Gasteiger partial charge in [0, 0.05) is 11.5 Å². The summed E-state index contributed by atoms with van der Waals surface area (Å²) >= 11 is 0. The predicted molar refractivity (Wildman–Crippen MR) is 113 cm³/mol. The lowest BCUT2D eigenvalue weighted by molar-refractivity contribution is -0.124. The summed E-state index contributed by atoms with van der Waals surface area (Å²) in [5.41, 5.74) is 8.60. The third-order valence-corrected chi connectivity index (χ3v) is 6.74. The Balaban J connectivity index is 1.61. The first-order valence-electron chi connectivity index (χ1n) is 9.89. The van der Waals surface area contributed by atoms with E-state index in [0.29, 0.717) is 17.5 Å². The molecule has 29 heavy (non-hydrogen) atoms. The van der Waals surface area contributed by atoms with Gasteiger partial charge in [0.1, 0.15) is 0 Å². The monoisotopic (exact) mass is 393 g/mol. The van der Waals surface area contributed by atoms with Crippen LogP contribution in [0.5, 0.6) is 0 Å². The predicted octanol–water partition coefficient (Wildman–Crippen LogP) is 2.82. The van der Waals surface area contributed by atoms with E-state index in [2.05, 4.69) is 28.9 Å². The summed E-state index contributed by atoms with van der Waals surface area (Å²) in [6.45, 7) is 2.14. The molecule has 3 N–H and O–H groups in total. The summed E-state index contributed by atoms with van der Waals surface area (Å²) in [5, 5.41) is 0. The zero-order chi connectivity index (χ0) is 20.8. The van der Waals surface area contributed by atoms with Gasteiger partial charge in [0.2, 0.25) is 5.91 Å². The highest BCUT2D eigenvalue weighted by atomic mass is 16.4. The molecule has 6 nitrogen and oxygen atoms in total. The topological polar surface area (TPSA) is 92.3 Å². The van der Waals surface area contributed by atoms with Gasteiger partial charge in [0.05, 0.1) is 10.9 Å².